The highest BCUT2D eigenvalue weighted by atomic mass is 32.2. The number of halogens is 2. The Hall–Kier alpha value is -2.48. The van der Waals surface area contributed by atoms with Crippen molar-refractivity contribution in [1.82, 2.24) is 0 Å². The number of amides is 1. The van der Waals surface area contributed by atoms with Crippen molar-refractivity contribution >= 4 is 27.3 Å². The summed E-state index contributed by atoms with van der Waals surface area (Å²) in [4.78, 5) is 12.4. The number of carbonyl (C=O) groups excluding carboxylic acids is 1. The van der Waals surface area contributed by atoms with Gasteiger partial charge in [-0.05, 0) is 43.7 Å². The summed E-state index contributed by atoms with van der Waals surface area (Å²) in [6.45, 7) is 3.22. The van der Waals surface area contributed by atoms with Gasteiger partial charge in [-0.25, -0.2) is 17.2 Å². The summed E-state index contributed by atoms with van der Waals surface area (Å²) in [5, 5.41) is 2.39. The Morgan fingerprint density at radius 2 is 1.80 bits per heavy atom. The van der Waals surface area contributed by atoms with Crippen molar-refractivity contribution in [2.45, 2.75) is 19.9 Å². The van der Waals surface area contributed by atoms with E-state index in [1.807, 2.05) is 0 Å². The van der Waals surface area contributed by atoms with E-state index in [1.54, 1.807) is 31.2 Å². The molecule has 0 spiro atoms. The Bertz CT molecular complexity index is 901. The second kappa shape index (κ2) is 7.18. The van der Waals surface area contributed by atoms with Crippen LogP contribution in [0.4, 0.5) is 20.2 Å². The average molecular weight is 368 g/mol. The molecule has 0 aliphatic heterocycles. The fourth-order valence-electron chi connectivity index (χ4n) is 2.39. The smallest absolute Gasteiger partial charge is 0.247 e. The molecule has 2 aromatic carbocycles. The van der Waals surface area contributed by atoms with Gasteiger partial charge in [-0.15, -0.1) is 0 Å². The van der Waals surface area contributed by atoms with Gasteiger partial charge in [-0.1, -0.05) is 12.1 Å². The van der Waals surface area contributed by atoms with Crippen LogP contribution in [0.2, 0.25) is 0 Å². The number of aryl methyl sites for hydroxylation is 1. The van der Waals surface area contributed by atoms with Crippen molar-refractivity contribution < 1.29 is 22.0 Å². The van der Waals surface area contributed by atoms with Crippen molar-refractivity contribution in [2.75, 3.05) is 15.9 Å². The topological polar surface area (TPSA) is 66.5 Å². The Labute approximate surface area is 145 Å². The van der Waals surface area contributed by atoms with Gasteiger partial charge in [0.25, 0.3) is 0 Å². The van der Waals surface area contributed by atoms with Crippen LogP contribution in [0.25, 0.3) is 0 Å². The first-order chi connectivity index (χ1) is 11.6. The predicted molar refractivity (Wildman–Crippen MR) is 93.0 cm³/mol. The zero-order valence-electron chi connectivity index (χ0n) is 14.0. The molecule has 5 nitrogen and oxygen atoms in total. The van der Waals surface area contributed by atoms with Gasteiger partial charge in [0, 0.05) is 11.8 Å². The van der Waals surface area contributed by atoms with Gasteiger partial charge in [0.05, 0.1) is 11.9 Å². The van der Waals surface area contributed by atoms with Gasteiger partial charge >= 0.3 is 0 Å². The zero-order chi connectivity index (χ0) is 18.8. The van der Waals surface area contributed by atoms with Gasteiger partial charge in [0.2, 0.25) is 15.9 Å². The van der Waals surface area contributed by atoms with Crippen LogP contribution >= 0.6 is 0 Å². The van der Waals surface area contributed by atoms with Crippen molar-refractivity contribution in [3.63, 3.8) is 0 Å². The lowest BCUT2D eigenvalue weighted by atomic mass is 10.2. The highest BCUT2D eigenvalue weighted by Crippen LogP contribution is 2.23. The van der Waals surface area contributed by atoms with E-state index in [9.17, 15) is 22.0 Å². The van der Waals surface area contributed by atoms with Gasteiger partial charge in [0.15, 0.2) is 11.6 Å². The second-order valence-electron chi connectivity index (χ2n) is 5.69. The Morgan fingerprint density at radius 3 is 2.36 bits per heavy atom. The molecule has 1 amide bonds. The van der Waals surface area contributed by atoms with Crippen molar-refractivity contribution in [3.8, 4) is 0 Å². The summed E-state index contributed by atoms with van der Waals surface area (Å²) in [5.41, 5.74) is 1.21. The first-order valence-corrected chi connectivity index (χ1v) is 9.26. The van der Waals surface area contributed by atoms with Gasteiger partial charge < -0.3 is 5.32 Å². The fourth-order valence-corrected chi connectivity index (χ4v) is 3.56. The quantitative estimate of drug-likeness (QED) is 0.882. The van der Waals surface area contributed by atoms with E-state index >= 15 is 0 Å². The number of rotatable bonds is 5. The molecule has 25 heavy (non-hydrogen) atoms. The van der Waals surface area contributed by atoms with Crippen molar-refractivity contribution in [3.05, 3.63) is 59.7 Å². The second-order valence-corrected chi connectivity index (χ2v) is 7.55. The molecule has 2 rings (SSSR count). The van der Waals surface area contributed by atoms with E-state index in [0.29, 0.717) is 5.69 Å². The molecule has 0 aromatic heterocycles. The molecule has 8 heteroatoms. The lowest BCUT2D eigenvalue weighted by Gasteiger charge is -2.28. The van der Waals surface area contributed by atoms with Crippen LogP contribution in [0, 0.1) is 18.6 Å². The summed E-state index contributed by atoms with van der Waals surface area (Å²) in [7, 11) is -3.75. The number of hydrogen-bond acceptors (Lipinski definition) is 3. The third-order valence-corrected chi connectivity index (χ3v) is 4.77. The fraction of sp³-hybridized carbons (Fsp3) is 0.235. The lowest BCUT2D eigenvalue weighted by molar-refractivity contribution is -0.116. The highest BCUT2D eigenvalue weighted by molar-refractivity contribution is 7.92. The minimum Gasteiger partial charge on any atom is -0.324 e. The molecule has 0 heterocycles. The van der Waals surface area contributed by atoms with E-state index < -0.39 is 33.6 Å². The predicted octanol–water partition coefficient (Wildman–Crippen LogP) is 3.07. The van der Waals surface area contributed by atoms with E-state index in [2.05, 4.69) is 5.32 Å². The maximum absolute atomic E-state index is 13.3. The standard InChI is InChI=1S/C17H18F2N2O3S/c1-11-5-4-6-14(9-11)21(25(3,23)24)12(2)17(22)20-13-7-8-15(18)16(19)10-13/h4-10,12H,1-3H3,(H,20,22)/t12-/m0/s1. The maximum Gasteiger partial charge on any atom is 0.247 e. The zero-order valence-corrected chi connectivity index (χ0v) is 14.8. The summed E-state index contributed by atoms with van der Waals surface area (Å²) >= 11 is 0. The summed E-state index contributed by atoms with van der Waals surface area (Å²) in [6, 6.07) is 8.52. The van der Waals surface area contributed by atoms with E-state index in [0.717, 1.165) is 28.3 Å². The molecule has 0 aliphatic carbocycles. The molecule has 1 atom stereocenters. The Kier molecular flexibility index (Phi) is 5.42. The number of nitrogens with one attached hydrogen (secondary N) is 1. The average Bonchev–Trinajstić information content (AvgIpc) is 2.49. The molecule has 2 aromatic rings. The molecule has 0 unspecified atom stereocenters. The SMILES string of the molecule is Cc1cccc(N([C@@H](C)C(=O)Nc2ccc(F)c(F)c2)S(C)(=O)=O)c1. The molecule has 0 bridgehead atoms. The highest BCUT2D eigenvalue weighted by Gasteiger charge is 2.29. The van der Waals surface area contributed by atoms with E-state index in [4.69, 9.17) is 0 Å². The van der Waals surface area contributed by atoms with Gasteiger partial charge in [0.1, 0.15) is 6.04 Å². The largest absolute Gasteiger partial charge is 0.324 e. The minimum atomic E-state index is -3.75. The number of carbonyl (C=O) groups is 1. The lowest BCUT2D eigenvalue weighted by Crippen LogP contribution is -2.45. The summed E-state index contributed by atoms with van der Waals surface area (Å²) in [5.74, 6) is -2.81. The minimum absolute atomic E-state index is 0.0356. The van der Waals surface area contributed by atoms with Crippen LogP contribution in [0.15, 0.2) is 42.5 Å². The number of hydrogen-bond donors (Lipinski definition) is 1. The number of benzene rings is 2. The van der Waals surface area contributed by atoms with Crippen molar-refractivity contribution in [2.24, 2.45) is 0 Å². The molecule has 1 N–H and O–H groups in total. The number of nitrogens with zero attached hydrogens (tertiary/aromatic N) is 1. The molecule has 0 saturated carbocycles. The third-order valence-electron chi connectivity index (χ3n) is 3.53. The summed E-state index contributed by atoms with van der Waals surface area (Å²) in [6.07, 6.45) is 0.997. The number of sulfonamides is 1. The van der Waals surface area contributed by atoms with Gasteiger partial charge in [-0.3, -0.25) is 9.10 Å². The molecule has 0 saturated heterocycles. The Balaban J connectivity index is 2.31. The Morgan fingerprint density at radius 1 is 1.12 bits per heavy atom. The molecular formula is C17H18F2N2O3S. The summed E-state index contributed by atoms with van der Waals surface area (Å²) < 4.78 is 51.6. The number of anilines is 2. The van der Waals surface area contributed by atoms with Crippen LogP contribution in [-0.2, 0) is 14.8 Å². The van der Waals surface area contributed by atoms with Crippen LogP contribution in [0.3, 0.4) is 0 Å². The van der Waals surface area contributed by atoms with Crippen molar-refractivity contribution in [1.29, 1.82) is 0 Å². The molecule has 0 radical (unpaired) electrons. The molecule has 0 fully saturated rings. The van der Waals surface area contributed by atoms with Crippen LogP contribution in [0.1, 0.15) is 12.5 Å². The van der Waals surface area contributed by atoms with Crippen LogP contribution < -0.4 is 9.62 Å². The van der Waals surface area contributed by atoms with Gasteiger partial charge in [-0.2, -0.15) is 0 Å². The van der Waals surface area contributed by atoms with Crippen LogP contribution in [0.5, 0.6) is 0 Å². The molecule has 0 aliphatic rings. The molecule has 134 valence electrons. The third kappa shape index (κ3) is 4.54. The monoisotopic (exact) mass is 368 g/mol. The first kappa shape index (κ1) is 18.9. The molecular weight excluding hydrogens is 350 g/mol. The maximum atomic E-state index is 13.3. The van der Waals surface area contributed by atoms with Crippen LogP contribution in [-0.4, -0.2) is 26.6 Å². The first-order valence-electron chi connectivity index (χ1n) is 7.41. The van der Waals surface area contributed by atoms with E-state index in [1.165, 1.54) is 13.0 Å². The normalized spacial score (nSPS) is 12.5. The van der Waals surface area contributed by atoms with E-state index in [-0.39, 0.29) is 5.69 Å².